The van der Waals surface area contributed by atoms with Crippen LogP contribution in [0.25, 0.3) is 11.0 Å². The van der Waals surface area contributed by atoms with Gasteiger partial charge in [0.15, 0.2) is 0 Å². The van der Waals surface area contributed by atoms with Gasteiger partial charge in [0.2, 0.25) is 5.91 Å². The van der Waals surface area contributed by atoms with E-state index >= 15 is 0 Å². The molecular formula is C16H17FN2O4. The van der Waals surface area contributed by atoms with Crippen molar-refractivity contribution in [1.82, 2.24) is 10.2 Å². The number of aliphatic hydroxyl groups is 1. The van der Waals surface area contributed by atoms with Gasteiger partial charge in [-0.2, -0.15) is 0 Å². The Kier molecular flexibility index (Phi) is 4.04. The highest BCUT2D eigenvalue weighted by Crippen LogP contribution is 2.25. The van der Waals surface area contributed by atoms with Crippen LogP contribution < -0.4 is 5.32 Å². The molecule has 1 aromatic heterocycles. The summed E-state index contributed by atoms with van der Waals surface area (Å²) in [5, 5.41) is 13.2. The van der Waals surface area contributed by atoms with Crippen LogP contribution in [-0.4, -0.2) is 48.1 Å². The van der Waals surface area contributed by atoms with Gasteiger partial charge >= 0.3 is 0 Å². The number of carbonyl (C=O) groups is 2. The number of hydrogen-bond donors (Lipinski definition) is 2. The molecule has 7 heteroatoms. The van der Waals surface area contributed by atoms with E-state index in [0.29, 0.717) is 11.0 Å². The maximum absolute atomic E-state index is 14.1. The topological polar surface area (TPSA) is 82.8 Å². The van der Waals surface area contributed by atoms with Gasteiger partial charge in [-0.15, -0.1) is 0 Å². The van der Waals surface area contributed by atoms with Gasteiger partial charge in [0.25, 0.3) is 5.91 Å². The fourth-order valence-electron chi connectivity index (χ4n) is 2.88. The fourth-order valence-corrected chi connectivity index (χ4v) is 2.88. The minimum Gasteiger partial charge on any atom is -0.464 e. The zero-order valence-corrected chi connectivity index (χ0v) is 12.6. The van der Waals surface area contributed by atoms with Gasteiger partial charge < -0.3 is 19.7 Å². The first-order valence-corrected chi connectivity index (χ1v) is 7.34. The molecule has 2 heterocycles. The van der Waals surface area contributed by atoms with Gasteiger partial charge in [-0.25, -0.2) is 4.39 Å². The third-order valence-corrected chi connectivity index (χ3v) is 4.19. The fraction of sp³-hybridized carbons (Fsp3) is 0.375. The van der Waals surface area contributed by atoms with Crippen LogP contribution in [0.5, 0.6) is 0 Å². The number of halogens is 1. The molecule has 2 amide bonds. The number of hydrogen-bond acceptors (Lipinski definition) is 4. The number of benzene rings is 1. The smallest absolute Gasteiger partial charge is 0.256 e. The molecule has 1 aliphatic rings. The van der Waals surface area contributed by atoms with E-state index in [1.807, 2.05) is 0 Å². The van der Waals surface area contributed by atoms with E-state index in [2.05, 4.69) is 5.32 Å². The summed E-state index contributed by atoms with van der Waals surface area (Å²) in [4.78, 5) is 25.3. The molecule has 0 bridgehead atoms. The van der Waals surface area contributed by atoms with Gasteiger partial charge in [-0.05, 0) is 12.1 Å². The molecule has 0 saturated carbocycles. The summed E-state index contributed by atoms with van der Waals surface area (Å²) in [6.07, 6.45) is 0.763. The molecule has 0 spiro atoms. The highest BCUT2D eigenvalue weighted by molar-refractivity contribution is 5.98. The molecular weight excluding hydrogens is 303 g/mol. The van der Waals surface area contributed by atoms with Crippen LogP contribution in [0.1, 0.15) is 16.8 Å². The van der Waals surface area contributed by atoms with Crippen molar-refractivity contribution in [1.29, 1.82) is 0 Å². The Bertz CT molecular complexity index is 758. The Hall–Kier alpha value is -2.41. The third-order valence-electron chi connectivity index (χ3n) is 4.19. The lowest BCUT2D eigenvalue weighted by Crippen LogP contribution is -2.30. The monoisotopic (exact) mass is 320 g/mol. The molecule has 2 atom stereocenters. The number of rotatable bonds is 3. The SMILES string of the molecule is CNC(=O)C[C@@H]1CN(C(=O)c2cc3ccoc3cc2F)C[C@H]1O. The third kappa shape index (κ3) is 2.92. The predicted octanol–water partition coefficient (Wildman–Crippen LogP) is 1.14. The van der Waals surface area contributed by atoms with Gasteiger partial charge in [-0.1, -0.05) is 0 Å². The van der Waals surface area contributed by atoms with E-state index in [0.717, 1.165) is 0 Å². The number of nitrogens with zero attached hydrogens (tertiary/aromatic N) is 1. The number of furan rings is 1. The second-order valence-corrected chi connectivity index (χ2v) is 5.71. The molecule has 122 valence electrons. The lowest BCUT2D eigenvalue weighted by Gasteiger charge is -2.16. The molecule has 1 saturated heterocycles. The van der Waals surface area contributed by atoms with Crippen LogP contribution >= 0.6 is 0 Å². The quantitative estimate of drug-likeness (QED) is 0.888. The average Bonchev–Trinajstić information content (AvgIpc) is 3.12. The summed E-state index contributed by atoms with van der Waals surface area (Å²) >= 11 is 0. The Balaban J connectivity index is 1.79. The Labute approximate surface area is 131 Å². The first kappa shape index (κ1) is 15.5. The molecule has 1 aromatic carbocycles. The molecule has 6 nitrogen and oxygen atoms in total. The van der Waals surface area contributed by atoms with Crippen molar-refractivity contribution in [2.45, 2.75) is 12.5 Å². The molecule has 0 radical (unpaired) electrons. The minimum atomic E-state index is -0.794. The van der Waals surface area contributed by atoms with Gasteiger partial charge in [0.05, 0.1) is 17.9 Å². The Morgan fingerprint density at radius 1 is 1.43 bits per heavy atom. The van der Waals surface area contributed by atoms with E-state index < -0.39 is 17.8 Å². The molecule has 1 fully saturated rings. The van der Waals surface area contributed by atoms with Crippen molar-refractivity contribution < 1.29 is 23.5 Å². The largest absolute Gasteiger partial charge is 0.464 e. The zero-order chi connectivity index (χ0) is 16.6. The maximum atomic E-state index is 14.1. The molecule has 1 aliphatic heterocycles. The number of amides is 2. The van der Waals surface area contributed by atoms with Crippen molar-refractivity contribution in [3.8, 4) is 0 Å². The van der Waals surface area contributed by atoms with Crippen LogP contribution in [0.3, 0.4) is 0 Å². The van der Waals surface area contributed by atoms with Gasteiger partial charge in [0, 0.05) is 43.9 Å². The van der Waals surface area contributed by atoms with Crippen LogP contribution in [0.15, 0.2) is 28.9 Å². The summed E-state index contributed by atoms with van der Waals surface area (Å²) < 4.78 is 19.2. The Morgan fingerprint density at radius 2 is 2.22 bits per heavy atom. The van der Waals surface area contributed by atoms with Crippen LogP contribution in [0, 0.1) is 11.7 Å². The van der Waals surface area contributed by atoms with Crippen LogP contribution in [0.4, 0.5) is 4.39 Å². The second kappa shape index (κ2) is 6.00. The lowest BCUT2D eigenvalue weighted by molar-refractivity contribution is -0.122. The summed E-state index contributed by atoms with van der Waals surface area (Å²) in [5.74, 6) is -1.71. The van der Waals surface area contributed by atoms with E-state index in [9.17, 15) is 19.1 Å². The molecule has 0 unspecified atom stereocenters. The normalized spacial score (nSPS) is 20.9. The molecule has 23 heavy (non-hydrogen) atoms. The van der Waals surface area contributed by atoms with Gasteiger partial charge in [0.1, 0.15) is 11.4 Å². The van der Waals surface area contributed by atoms with E-state index in [1.165, 1.54) is 30.3 Å². The number of carbonyl (C=O) groups excluding carboxylic acids is 2. The average molecular weight is 320 g/mol. The summed E-state index contributed by atoms with van der Waals surface area (Å²) in [6.45, 7) is 0.305. The second-order valence-electron chi connectivity index (χ2n) is 5.71. The van der Waals surface area contributed by atoms with Crippen molar-refractivity contribution in [3.05, 3.63) is 35.8 Å². The number of fused-ring (bicyclic) bond motifs is 1. The number of aliphatic hydroxyl groups excluding tert-OH is 1. The Morgan fingerprint density at radius 3 is 2.96 bits per heavy atom. The standard InChI is InChI=1S/C16H17FN2O4/c1-18-15(21)5-10-7-19(8-13(10)20)16(22)11-4-9-2-3-23-14(9)6-12(11)17/h2-4,6,10,13,20H,5,7-8H2,1H3,(H,18,21)/t10-,13-/m1/s1. The van der Waals surface area contributed by atoms with E-state index in [1.54, 1.807) is 6.07 Å². The zero-order valence-electron chi connectivity index (χ0n) is 12.6. The van der Waals surface area contributed by atoms with E-state index in [4.69, 9.17) is 4.42 Å². The van der Waals surface area contributed by atoms with E-state index in [-0.39, 0.29) is 36.9 Å². The number of nitrogens with one attached hydrogen (secondary N) is 1. The number of likely N-dealkylation sites (tertiary alicyclic amines) is 1. The van der Waals surface area contributed by atoms with Crippen molar-refractivity contribution in [3.63, 3.8) is 0 Å². The number of β-amino-alcohol motifs (C(OH)–C–C–N with tert-alkyl or cyclic N) is 1. The lowest BCUT2D eigenvalue weighted by atomic mass is 10.0. The minimum absolute atomic E-state index is 0.0632. The first-order valence-electron chi connectivity index (χ1n) is 7.34. The van der Waals surface area contributed by atoms with Crippen molar-refractivity contribution >= 4 is 22.8 Å². The first-order chi connectivity index (χ1) is 11.0. The van der Waals surface area contributed by atoms with Crippen LogP contribution in [-0.2, 0) is 4.79 Å². The van der Waals surface area contributed by atoms with Crippen molar-refractivity contribution in [2.24, 2.45) is 5.92 Å². The molecule has 2 aromatic rings. The maximum Gasteiger partial charge on any atom is 0.256 e. The summed E-state index contributed by atoms with van der Waals surface area (Å²) in [6, 6.07) is 4.27. The van der Waals surface area contributed by atoms with Crippen molar-refractivity contribution in [2.75, 3.05) is 20.1 Å². The highest BCUT2D eigenvalue weighted by atomic mass is 19.1. The molecule has 3 rings (SSSR count). The molecule has 0 aliphatic carbocycles. The highest BCUT2D eigenvalue weighted by Gasteiger charge is 2.36. The summed E-state index contributed by atoms with van der Waals surface area (Å²) in [5.41, 5.74) is 0.310. The van der Waals surface area contributed by atoms with Crippen LogP contribution in [0.2, 0.25) is 0 Å². The molecule has 2 N–H and O–H groups in total. The predicted molar refractivity (Wildman–Crippen MR) is 80.3 cm³/mol. The van der Waals surface area contributed by atoms with Gasteiger partial charge in [-0.3, -0.25) is 9.59 Å². The summed E-state index contributed by atoms with van der Waals surface area (Å²) in [7, 11) is 1.52.